The summed E-state index contributed by atoms with van der Waals surface area (Å²) in [6, 6.07) is 1.60. The van der Waals surface area contributed by atoms with Gasteiger partial charge in [0, 0.05) is 6.20 Å². The zero-order valence-corrected chi connectivity index (χ0v) is 7.32. The van der Waals surface area contributed by atoms with Gasteiger partial charge in [-0.05, 0) is 6.07 Å². The molecule has 0 spiro atoms. The first-order valence-electron chi connectivity index (χ1n) is 4.05. The predicted molar refractivity (Wildman–Crippen MR) is 45.4 cm³/mol. The number of nitrogens with zero attached hydrogens (tertiary/aromatic N) is 2. The van der Waals surface area contributed by atoms with Crippen LogP contribution in [0.1, 0.15) is 0 Å². The zero-order valence-electron chi connectivity index (χ0n) is 7.32. The first kappa shape index (κ1) is 9.75. The van der Waals surface area contributed by atoms with Crippen molar-refractivity contribution in [2.24, 2.45) is 0 Å². The van der Waals surface area contributed by atoms with Crippen LogP contribution in [0.5, 0.6) is 5.88 Å². The fourth-order valence-corrected chi connectivity index (χ4v) is 1.10. The minimum absolute atomic E-state index is 0.224. The van der Waals surface area contributed by atoms with Gasteiger partial charge < -0.3 is 9.72 Å². The Bertz CT molecular complexity index is 459. The van der Waals surface area contributed by atoms with Crippen molar-refractivity contribution >= 4 is 11.0 Å². The van der Waals surface area contributed by atoms with Crippen molar-refractivity contribution in [2.45, 2.75) is 12.8 Å². The first-order valence-corrected chi connectivity index (χ1v) is 4.05. The molecular weight excluding hydrogens is 211 g/mol. The van der Waals surface area contributed by atoms with Gasteiger partial charge in [-0.25, -0.2) is 13.8 Å². The Kier molecular flexibility index (Phi) is 2.44. The van der Waals surface area contributed by atoms with Crippen LogP contribution in [-0.2, 0) is 0 Å². The number of hydrogen-bond donors (Lipinski definition) is 1. The summed E-state index contributed by atoms with van der Waals surface area (Å²) in [6.45, 7) is 0. The number of aromatic amines is 1. The summed E-state index contributed by atoms with van der Waals surface area (Å²) in [4.78, 5) is 10.1. The van der Waals surface area contributed by atoms with Crippen LogP contribution >= 0.6 is 0 Å². The summed E-state index contributed by atoms with van der Waals surface area (Å²) in [5, 5.41) is 0. The van der Waals surface area contributed by atoms with Crippen LogP contribution in [-0.4, -0.2) is 27.7 Å². The Morgan fingerprint density at radius 1 is 1.27 bits per heavy atom. The van der Waals surface area contributed by atoms with Crippen molar-refractivity contribution in [1.29, 1.82) is 0 Å². The minimum Gasteiger partial charge on any atom is -0.435 e. The standard InChI is InChI=1S/C8H6F3N3O/c9-6(10)7(11)15-8-5-4(1-2-12-5)13-3-14-8/h1-3,6-7,12H. The summed E-state index contributed by atoms with van der Waals surface area (Å²) in [6.07, 6.45) is -3.25. The average Bonchev–Trinajstić information content (AvgIpc) is 2.66. The summed E-state index contributed by atoms with van der Waals surface area (Å²) in [5.74, 6) is -0.224. The number of fused-ring (bicyclic) bond motifs is 1. The molecule has 15 heavy (non-hydrogen) atoms. The van der Waals surface area contributed by atoms with Gasteiger partial charge in [0.25, 0.3) is 6.36 Å². The van der Waals surface area contributed by atoms with Crippen LogP contribution < -0.4 is 4.74 Å². The van der Waals surface area contributed by atoms with E-state index in [1.54, 1.807) is 6.07 Å². The fourth-order valence-electron chi connectivity index (χ4n) is 1.10. The Morgan fingerprint density at radius 2 is 2.07 bits per heavy atom. The fraction of sp³-hybridized carbons (Fsp3) is 0.250. The maximum absolute atomic E-state index is 12.6. The van der Waals surface area contributed by atoms with E-state index in [2.05, 4.69) is 19.7 Å². The molecule has 0 aliphatic carbocycles. The highest BCUT2D eigenvalue weighted by molar-refractivity contribution is 5.79. The molecule has 0 saturated heterocycles. The topological polar surface area (TPSA) is 50.8 Å². The van der Waals surface area contributed by atoms with E-state index in [0.29, 0.717) is 11.0 Å². The highest BCUT2D eigenvalue weighted by atomic mass is 19.3. The summed E-state index contributed by atoms with van der Waals surface area (Å²) < 4.78 is 40.7. The van der Waals surface area contributed by atoms with Crippen LogP contribution in [0, 0.1) is 0 Å². The lowest BCUT2D eigenvalue weighted by Gasteiger charge is -2.09. The van der Waals surface area contributed by atoms with Crippen LogP contribution in [0.15, 0.2) is 18.6 Å². The molecule has 0 saturated carbocycles. The largest absolute Gasteiger partial charge is 0.435 e. The lowest BCUT2D eigenvalue weighted by Crippen LogP contribution is -2.20. The molecule has 2 rings (SSSR count). The smallest absolute Gasteiger partial charge is 0.304 e. The van der Waals surface area contributed by atoms with E-state index in [0.717, 1.165) is 6.33 Å². The lowest BCUT2D eigenvalue weighted by molar-refractivity contribution is -0.0683. The molecule has 0 fully saturated rings. The Balaban J connectivity index is 2.31. The number of nitrogens with one attached hydrogen (secondary N) is 1. The normalized spacial score (nSPS) is 13.3. The molecule has 0 aliphatic rings. The highest BCUT2D eigenvalue weighted by Gasteiger charge is 2.22. The van der Waals surface area contributed by atoms with Gasteiger partial charge in [0.15, 0.2) is 0 Å². The molecular formula is C8H6F3N3O. The van der Waals surface area contributed by atoms with Gasteiger partial charge in [-0.3, -0.25) is 0 Å². The van der Waals surface area contributed by atoms with Crippen LogP contribution in [0.3, 0.4) is 0 Å². The molecule has 2 aromatic heterocycles. The van der Waals surface area contributed by atoms with Crippen molar-refractivity contribution in [3.63, 3.8) is 0 Å². The monoisotopic (exact) mass is 217 g/mol. The number of rotatable bonds is 3. The van der Waals surface area contributed by atoms with Gasteiger partial charge in [-0.15, -0.1) is 0 Å². The highest BCUT2D eigenvalue weighted by Crippen LogP contribution is 2.21. The molecule has 0 bridgehead atoms. The van der Waals surface area contributed by atoms with Gasteiger partial charge in [0.2, 0.25) is 5.88 Å². The number of aromatic nitrogens is 3. The van der Waals surface area contributed by atoms with Crippen LogP contribution in [0.2, 0.25) is 0 Å². The average molecular weight is 217 g/mol. The van der Waals surface area contributed by atoms with Gasteiger partial charge >= 0.3 is 6.43 Å². The summed E-state index contributed by atoms with van der Waals surface area (Å²) >= 11 is 0. The molecule has 4 nitrogen and oxygen atoms in total. The molecule has 80 valence electrons. The van der Waals surface area contributed by atoms with Gasteiger partial charge in [0.1, 0.15) is 11.8 Å². The number of hydrogen-bond acceptors (Lipinski definition) is 3. The van der Waals surface area contributed by atoms with E-state index in [1.165, 1.54) is 6.20 Å². The molecule has 0 aliphatic heterocycles. The SMILES string of the molecule is FC(F)C(F)Oc1ncnc2cc[nH]c12. The number of H-pyrrole nitrogens is 1. The van der Waals surface area contributed by atoms with E-state index in [9.17, 15) is 13.2 Å². The second kappa shape index (κ2) is 3.76. The van der Waals surface area contributed by atoms with E-state index in [1.807, 2.05) is 0 Å². The Hall–Kier alpha value is -1.79. The molecule has 1 N–H and O–H groups in total. The quantitative estimate of drug-likeness (QED) is 0.854. The molecule has 2 aromatic rings. The van der Waals surface area contributed by atoms with Crippen molar-refractivity contribution in [3.8, 4) is 5.88 Å². The molecule has 2 heterocycles. The third-order valence-corrected chi connectivity index (χ3v) is 1.73. The molecule has 0 amide bonds. The van der Waals surface area contributed by atoms with E-state index < -0.39 is 12.8 Å². The van der Waals surface area contributed by atoms with Crippen LogP contribution in [0.25, 0.3) is 11.0 Å². The first-order chi connectivity index (χ1) is 7.18. The molecule has 7 heteroatoms. The lowest BCUT2D eigenvalue weighted by atomic mass is 10.4. The third-order valence-electron chi connectivity index (χ3n) is 1.73. The van der Waals surface area contributed by atoms with Gasteiger partial charge in [-0.2, -0.15) is 9.37 Å². The second-order valence-electron chi connectivity index (χ2n) is 2.72. The van der Waals surface area contributed by atoms with Crippen molar-refractivity contribution in [1.82, 2.24) is 15.0 Å². The molecule has 0 radical (unpaired) electrons. The van der Waals surface area contributed by atoms with Gasteiger partial charge in [0.05, 0.1) is 5.52 Å². The van der Waals surface area contributed by atoms with Crippen LogP contribution in [0.4, 0.5) is 13.2 Å². The minimum atomic E-state index is -3.20. The van der Waals surface area contributed by atoms with Crippen molar-refractivity contribution in [2.75, 3.05) is 0 Å². The Labute approximate surface area is 82.1 Å². The number of halogens is 3. The van der Waals surface area contributed by atoms with Crippen molar-refractivity contribution < 1.29 is 17.9 Å². The maximum Gasteiger partial charge on any atom is 0.304 e. The third kappa shape index (κ3) is 1.85. The van der Waals surface area contributed by atoms with E-state index in [-0.39, 0.29) is 5.88 Å². The zero-order chi connectivity index (χ0) is 10.8. The molecule has 1 unspecified atom stereocenters. The van der Waals surface area contributed by atoms with Crippen molar-refractivity contribution in [3.05, 3.63) is 18.6 Å². The summed E-state index contributed by atoms with van der Waals surface area (Å²) in [7, 11) is 0. The second-order valence-corrected chi connectivity index (χ2v) is 2.72. The summed E-state index contributed by atoms with van der Waals surface area (Å²) in [5.41, 5.74) is 0.766. The molecule has 0 aromatic carbocycles. The number of alkyl halides is 3. The maximum atomic E-state index is 12.6. The Morgan fingerprint density at radius 3 is 2.80 bits per heavy atom. The molecule has 1 atom stereocenters. The van der Waals surface area contributed by atoms with Gasteiger partial charge in [-0.1, -0.05) is 0 Å². The number of ether oxygens (including phenoxy) is 1. The van der Waals surface area contributed by atoms with E-state index >= 15 is 0 Å². The predicted octanol–water partition coefficient (Wildman–Crippen LogP) is 1.90. The van der Waals surface area contributed by atoms with E-state index in [4.69, 9.17) is 0 Å².